The third kappa shape index (κ3) is 6.44. The van der Waals surface area contributed by atoms with Crippen molar-refractivity contribution >= 4 is 28.5 Å². The number of carboxylic acids is 1. The van der Waals surface area contributed by atoms with Gasteiger partial charge >= 0.3 is 12.1 Å². The summed E-state index contributed by atoms with van der Waals surface area (Å²) in [6, 6.07) is 11.5. The number of carbonyl (C=O) groups excluding carboxylic acids is 1. The molecule has 5 N–H and O–H groups in total. The highest BCUT2D eigenvalue weighted by atomic mass is 19.4. The Hall–Kier alpha value is -3.67. The van der Waals surface area contributed by atoms with Crippen LogP contribution in [0.3, 0.4) is 0 Å². The van der Waals surface area contributed by atoms with Crippen molar-refractivity contribution in [3.63, 3.8) is 0 Å². The molecular weight excluding hydrogens is 458 g/mol. The molecule has 2 heterocycles. The van der Waals surface area contributed by atoms with Gasteiger partial charge in [0, 0.05) is 30.2 Å². The molecule has 0 aliphatic carbocycles. The largest absolute Gasteiger partial charge is 0.490 e. The van der Waals surface area contributed by atoms with E-state index in [1.165, 1.54) is 12.1 Å². The molecule has 0 radical (unpaired) electrons. The minimum Gasteiger partial charge on any atom is -0.475 e. The van der Waals surface area contributed by atoms with Crippen LogP contribution in [-0.4, -0.2) is 57.4 Å². The molecule has 1 amide bonds. The first-order valence-electron chi connectivity index (χ1n) is 10.3. The van der Waals surface area contributed by atoms with E-state index in [4.69, 9.17) is 15.6 Å². The summed E-state index contributed by atoms with van der Waals surface area (Å²) in [4.78, 5) is 23.3. The zero-order chi connectivity index (χ0) is 24.9. The van der Waals surface area contributed by atoms with Crippen LogP contribution < -0.4 is 11.1 Å². The van der Waals surface area contributed by atoms with Gasteiger partial charge in [-0.25, -0.2) is 9.18 Å². The molecular formula is C22H23F4N5O3. The molecule has 0 spiro atoms. The minimum absolute atomic E-state index is 0.111. The van der Waals surface area contributed by atoms with E-state index in [1.807, 2.05) is 12.1 Å². The topological polar surface area (TPSA) is 124 Å². The number of anilines is 1. The number of fused-ring (bicyclic) bond motifs is 1. The molecule has 8 nitrogen and oxygen atoms in total. The number of hydrogen-bond acceptors (Lipinski definition) is 5. The molecule has 0 saturated carbocycles. The van der Waals surface area contributed by atoms with Crippen LogP contribution in [-0.2, 0) is 9.59 Å². The first-order valence-corrected chi connectivity index (χ1v) is 10.3. The fourth-order valence-corrected chi connectivity index (χ4v) is 3.52. The molecule has 1 aliphatic rings. The maximum Gasteiger partial charge on any atom is 0.490 e. The van der Waals surface area contributed by atoms with Gasteiger partial charge in [0.15, 0.2) is 0 Å². The summed E-state index contributed by atoms with van der Waals surface area (Å²) in [5, 5.41) is 18.7. The van der Waals surface area contributed by atoms with E-state index in [9.17, 15) is 22.4 Å². The second-order valence-corrected chi connectivity index (χ2v) is 7.75. The van der Waals surface area contributed by atoms with E-state index in [0.717, 1.165) is 29.4 Å². The van der Waals surface area contributed by atoms with E-state index in [-0.39, 0.29) is 11.7 Å². The number of nitrogens with zero attached hydrogens (tertiary/aromatic N) is 2. The lowest BCUT2D eigenvalue weighted by Crippen LogP contribution is -2.45. The van der Waals surface area contributed by atoms with Crippen molar-refractivity contribution in [1.29, 1.82) is 0 Å². The Bertz CT molecular complexity index is 1130. The zero-order valence-corrected chi connectivity index (χ0v) is 17.8. The number of aliphatic carboxylic acids is 1. The lowest BCUT2D eigenvalue weighted by molar-refractivity contribution is -0.192. The number of carbonyl (C=O) groups is 2. The number of aromatic nitrogens is 2. The maximum absolute atomic E-state index is 13.0. The number of rotatable bonds is 4. The minimum atomic E-state index is -5.08. The molecule has 1 atom stereocenters. The van der Waals surface area contributed by atoms with Crippen molar-refractivity contribution in [3.8, 4) is 0 Å². The lowest BCUT2D eigenvalue weighted by atomic mass is 10.0. The van der Waals surface area contributed by atoms with Crippen molar-refractivity contribution < 1.29 is 32.3 Å². The van der Waals surface area contributed by atoms with Crippen LogP contribution in [0, 0.1) is 5.82 Å². The SMILES string of the molecule is NC(C(=O)N1CCC(Nc2ccc3[nH]ncc3c2)CC1)c1ccc(F)cc1.O=C(O)C(F)(F)F. The van der Waals surface area contributed by atoms with Crippen LogP contribution >= 0.6 is 0 Å². The summed E-state index contributed by atoms with van der Waals surface area (Å²) in [5.41, 5.74) is 8.78. The Morgan fingerprint density at radius 1 is 1.15 bits per heavy atom. The Morgan fingerprint density at radius 2 is 1.76 bits per heavy atom. The number of piperidine rings is 1. The summed E-state index contributed by atoms with van der Waals surface area (Å²) in [6.07, 6.45) is -1.57. The summed E-state index contributed by atoms with van der Waals surface area (Å²) < 4.78 is 44.8. The molecule has 182 valence electrons. The van der Waals surface area contributed by atoms with Crippen LogP contribution in [0.5, 0.6) is 0 Å². The first kappa shape index (κ1) is 25.0. The number of benzene rings is 2. The summed E-state index contributed by atoms with van der Waals surface area (Å²) >= 11 is 0. The number of halogens is 4. The second-order valence-electron chi connectivity index (χ2n) is 7.75. The molecule has 12 heteroatoms. The van der Waals surface area contributed by atoms with Crippen LogP contribution in [0.25, 0.3) is 10.9 Å². The number of H-pyrrole nitrogens is 1. The van der Waals surface area contributed by atoms with Gasteiger partial charge < -0.3 is 21.1 Å². The number of aromatic amines is 1. The van der Waals surface area contributed by atoms with E-state index < -0.39 is 18.2 Å². The van der Waals surface area contributed by atoms with E-state index >= 15 is 0 Å². The Balaban J connectivity index is 0.000000406. The number of nitrogens with two attached hydrogens (primary N) is 1. The quantitative estimate of drug-likeness (QED) is 0.423. The summed E-state index contributed by atoms with van der Waals surface area (Å²) in [6.45, 7) is 1.30. The van der Waals surface area contributed by atoms with Crippen LogP contribution in [0.4, 0.5) is 23.2 Å². The molecule has 0 bridgehead atoms. The molecule has 34 heavy (non-hydrogen) atoms. The number of nitrogens with one attached hydrogen (secondary N) is 2. The highest BCUT2D eigenvalue weighted by Gasteiger charge is 2.38. The van der Waals surface area contributed by atoms with Crippen LogP contribution in [0.1, 0.15) is 24.4 Å². The Morgan fingerprint density at radius 3 is 2.35 bits per heavy atom. The van der Waals surface area contributed by atoms with Gasteiger partial charge in [0.2, 0.25) is 5.91 Å². The summed E-state index contributed by atoms with van der Waals surface area (Å²) in [5.74, 6) is -3.20. The highest BCUT2D eigenvalue weighted by molar-refractivity contribution is 5.83. The van der Waals surface area contributed by atoms with Gasteiger partial charge in [-0.1, -0.05) is 12.1 Å². The third-order valence-electron chi connectivity index (χ3n) is 5.36. The van der Waals surface area contributed by atoms with Crippen molar-refractivity contribution in [2.45, 2.75) is 31.1 Å². The van der Waals surface area contributed by atoms with Gasteiger partial charge in [-0.15, -0.1) is 0 Å². The number of alkyl halides is 3. The lowest BCUT2D eigenvalue weighted by Gasteiger charge is -2.34. The molecule has 4 rings (SSSR count). The second kappa shape index (κ2) is 10.5. The van der Waals surface area contributed by atoms with Gasteiger partial charge in [-0.3, -0.25) is 9.89 Å². The fourth-order valence-electron chi connectivity index (χ4n) is 3.52. The smallest absolute Gasteiger partial charge is 0.475 e. The fraction of sp³-hybridized carbons (Fsp3) is 0.318. The number of amides is 1. The maximum atomic E-state index is 13.0. The summed E-state index contributed by atoms with van der Waals surface area (Å²) in [7, 11) is 0. The van der Waals surface area contributed by atoms with Crippen LogP contribution in [0.2, 0.25) is 0 Å². The monoisotopic (exact) mass is 481 g/mol. The average molecular weight is 481 g/mol. The number of likely N-dealkylation sites (tertiary alicyclic amines) is 1. The molecule has 2 aromatic carbocycles. The predicted octanol–water partition coefficient (Wildman–Crippen LogP) is 3.44. The van der Waals surface area contributed by atoms with Crippen molar-refractivity contribution in [3.05, 3.63) is 60.0 Å². The molecule has 1 unspecified atom stereocenters. The zero-order valence-electron chi connectivity index (χ0n) is 17.8. The normalized spacial score (nSPS) is 15.4. The highest BCUT2D eigenvalue weighted by Crippen LogP contribution is 2.22. The van der Waals surface area contributed by atoms with E-state index in [1.54, 1.807) is 23.2 Å². The Labute approximate surface area is 191 Å². The molecule has 1 saturated heterocycles. The Kier molecular flexibility index (Phi) is 7.72. The van der Waals surface area contributed by atoms with Gasteiger partial charge in [0.05, 0.1) is 11.7 Å². The van der Waals surface area contributed by atoms with E-state index in [0.29, 0.717) is 24.7 Å². The van der Waals surface area contributed by atoms with Gasteiger partial charge in [-0.05, 0) is 48.7 Å². The van der Waals surface area contributed by atoms with Gasteiger partial charge in [-0.2, -0.15) is 18.3 Å². The number of hydrogen-bond donors (Lipinski definition) is 4. The predicted molar refractivity (Wildman–Crippen MR) is 116 cm³/mol. The molecule has 1 fully saturated rings. The first-order chi connectivity index (χ1) is 16.0. The van der Waals surface area contributed by atoms with Crippen LogP contribution in [0.15, 0.2) is 48.7 Å². The van der Waals surface area contributed by atoms with E-state index in [2.05, 4.69) is 21.6 Å². The number of carboxylic acid groups (broad SMARTS) is 1. The van der Waals surface area contributed by atoms with Crippen molar-refractivity contribution in [2.75, 3.05) is 18.4 Å². The molecule has 3 aromatic rings. The third-order valence-corrected chi connectivity index (χ3v) is 5.36. The van der Waals surface area contributed by atoms with Crippen molar-refractivity contribution in [1.82, 2.24) is 15.1 Å². The van der Waals surface area contributed by atoms with Crippen molar-refractivity contribution in [2.24, 2.45) is 5.73 Å². The molecule has 1 aliphatic heterocycles. The molecule has 1 aromatic heterocycles. The average Bonchev–Trinajstić information content (AvgIpc) is 3.27. The standard InChI is InChI=1S/C20H22FN5O.C2HF3O2/c21-15-3-1-13(2-4-15)19(22)20(27)26-9-7-16(8-10-26)24-17-5-6-18-14(11-17)12-23-25-18;3-2(4,5)1(6)7/h1-6,11-12,16,19,24H,7-10,22H2,(H,23,25);(H,6,7). The van der Waals surface area contributed by atoms with Gasteiger partial charge in [0.1, 0.15) is 11.9 Å². The van der Waals surface area contributed by atoms with Gasteiger partial charge in [0.25, 0.3) is 0 Å².